The smallest absolute Gasteiger partial charge is 0.213 e. The molecule has 5 nitrogen and oxygen atoms in total. The Morgan fingerprint density at radius 2 is 2.15 bits per heavy atom. The normalized spacial score (nSPS) is 17.4. The van der Waals surface area contributed by atoms with Crippen LogP contribution in [0, 0.1) is 0 Å². The van der Waals surface area contributed by atoms with Crippen LogP contribution in [0.5, 0.6) is 0 Å². The first-order valence-electron chi connectivity index (χ1n) is 7.06. The van der Waals surface area contributed by atoms with E-state index in [4.69, 9.17) is 0 Å². The Balaban J connectivity index is 1.78. The Morgan fingerprint density at radius 1 is 1.40 bits per heavy atom. The van der Waals surface area contributed by atoms with Crippen LogP contribution < -0.4 is 10.0 Å². The van der Waals surface area contributed by atoms with Gasteiger partial charge < -0.3 is 5.32 Å². The van der Waals surface area contributed by atoms with Crippen LogP contribution in [0.1, 0.15) is 17.4 Å². The monoisotopic (exact) mass is 317 g/mol. The minimum absolute atomic E-state index is 0.180. The molecule has 1 aromatic rings. The lowest BCUT2D eigenvalue weighted by molar-refractivity contribution is 0.253. The molecule has 1 fully saturated rings. The Labute approximate surface area is 125 Å². The van der Waals surface area contributed by atoms with Gasteiger partial charge in [-0.05, 0) is 23.4 Å². The van der Waals surface area contributed by atoms with Gasteiger partial charge in [0, 0.05) is 44.1 Å². The van der Waals surface area contributed by atoms with Gasteiger partial charge in [0.15, 0.2) is 0 Å². The van der Waals surface area contributed by atoms with Crippen molar-refractivity contribution in [3.63, 3.8) is 0 Å². The molecule has 1 aliphatic heterocycles. The number of aryl methyl sites for hydroxylation is 1. The van der Waals surface area contributed by atoms with Crippen molar-refractivity contribution in [2.75, 3.05) is 38.5 Å². The lowest BCUT2D eigenvalue weighted by atomic mass is 10.2. The molecule has 0 amide bonds. The summed E-state index contributed by atoms with van der Waals surface area (Å²) in [6, 6.07) is 2.06. The molecule has 114 valence electrons. The Hall–Kier alpha value is -0.470. The first-order chi connectivity index (χ1) is 9.61. The van der Waals surface area contributed by atoms with E-state index in [0.29, 0.717) is 13.1 Å². The van der Waals surface area contributed by atoms with Gasteiger partial charge in [-0.25, -0.2) is 13.1 Å². The average Bonchev–Trinajstić information content (AvgIpc) is 2.92. The Morgan fingerprint density at radius 3 is 2.85 bits per heavy atom. The molecule has 0 aromatic carbocycles. The van der Waals surface area contributed by atoms with Crippen molar-refractivity contribution >= 4 is 21.4 Å². The van der Waals surface area contributed by atoms with Gasteiger partial charge in [0.2, 0.25) is 10.0 Å². The van der Waals surface area contributed by atoms with E-state index in [1.165, 1.54) is 5.56 Å². The zero-order valence-corrected chi connectivity index (χ0v) is 13.5. The van der Waals surface area contributed by atoms with E-state index in [1.54, 1.807) is 11.3 Å². The van der Waals surface area contributed by atoms with Crippen molar-refractivity contribution in [1.82, 2.24) is 14.9 Å². The van der Waals surface area contributed by atoms with Gasteiger partial charge in [-0.3, -0.25) is 4.90 Å². The first kappa shape index (κ1) is 15.9. The summed E-state index contributed by atoms with van der Waals surface area (Å²) < 4.78 is 26.8. The quantitative estimate of drug-likeness (QED) is 0.774. The van der Waals surface area contributed by atoms with Crippen LogP contribution in [0.3, 0.4) is 0 Å². The fourth-order valence-electron chi connectivity index (χ4n) is 2.27. The van der Waals surface area contributed by atoms with Crippen molar-refractivity contribution in [2.24, 2.45) is 0 Å². The van der Waals surface area contributed by atoms with Gasteiger partial charge in [0.1, 0.15) is 0 Å². The highest BCUT2D eigenvalue weighted by atomic mass is 32.2. The molecule has 0 unspecified atom stereocenters. The molecule has 1 saturated heterocycles. The highest BCUT2D eigenvalue weighted by Crippen LogP contribution is 2.17. The number of hydrogen-bond acceptors (Lipinski definition) is 5. The highest BCUT2D eigenvalue weighted by Gasteiger charge is 2.15. The first-order valence-corrected chi connectivity index (χ1v) is 9.59. The Bertz CT molecular complexity index is 507. The van der Waals surface area contributed by atoms with Gasteiger partial charge in [-0.1, -0.05) is 6.92 Å². The molecule has 0 saturated carbocycles. The summed E-state index contributed by atoms with van der Waals surface area (Å²) in [4.78, 5) is 3.32. The number of nitrogens with one attached hydrogen (secondary N) is 2. The molecule has 7 heteroatoms. The maximum Gasteiger partial charge on any atom is 0.213 e. The van der Waals surface area contributed by atoms with Gasteiger partial charge >= 0.3 is 0 Å². The zero-order valence-electron chi connectivity index (χ0n) is 11.9. The standard InChI is InChI=1S/C13H23N3O2S2/c1-2-12-3-9-19-13(12)11-15-20(17,18)10-8-16-6-4-14-5-7-16/h3,9,14-15H,2,4-8,10-11H2,1H3. The van der Waals surface area contributed by atoms with Crippen molar-refractivity contribution in [3.05, 3.63) is 21.9 Å². The molecule has 0 bridgehead atoms. The molecule has 2 rings (SSSR count). The summed E-state index contributed by atoms with van der Waals surface area (Å²) in [6.07, 6.45) is 0.946. The van der Waals surface area contributed by atoms with Crippen molar-refractivity contribution in [2.45, 2.75) is 19.9 Å². The molecule has 1 aromatic heterocycles. The molecular weight excluding hydrogens is 294 g/mol. The minimum Gasteiger partial charge on any atom is -0.314 e. The second-order valence-electron chi connectivity index (χ2n) is 4.95. The zero-order chi connectivity index (χ0) is 14.4. The minimum atomic E-state index is -3.19. The molecule has 1 aliphatic rings. The fourth-order valence-corrected chi connectivity index (χ4v) is 4.28. The molecule has 0 aliphatic carbocycles. The van der Waals surface area contributed by atoms with E-state index in [2.05, 4.69) is 27.9 Å². The summed E-state index contributed by atoms with van der Waals surface area (Å²) in [7, 11) is -3.19. The predicted molar refractivity (Wildman–Crippen MR) is 83.6 cm³/mol. The maximum absolute atomic E-state index is 12.0. The third-order valence-corrected chi connectivity index (χ3v) is 5.82. The maximum atomic E-state index is 12.0. The van der Waals surface area contributed by atoms with E-state index in [0.717, 1.165) is 37.5 Å². The van der Waals surface area contributed by atoms with Crippen LogP contribution >= 0.6 is 11.3 Å². The Kier molecular flexibility index (Phi) is 5.98. The topological polar surface area (TPSA) is 61.4 Å². The third kappa shape index (κ3) is 4.82. The number of piperazine rings is 1. The fraction of sp³-hybridized carbons (Fsp3) is 0.692. The second kappa shape index (κ2) is 7.51. The molecule has 0 spiro atoms. The summed E-state index contributed by atoms with van der Waals surface area (Å²) in [6.45, 7) is 6.88. The van der Waals surface area contributed by atoms with E-state index >= 15 is 0 Å². The van der Waals surface area contributed by atoms with E-state index in [1.807, 2.05) is 5.38 Å². The lowest BCUT2D eigenvalue weighted by Gasteiger charge is -2.26. The van der Waals surface area contributed by atoms with Crippen molar-refractivity contribution < 1.29 is 8.42 Å². The number of nitrogens with zero attached hydrogens (tertiary/aromatic N) is 1. The van der Waals surface area contributed by atoms with Crippen LogP contribution in [0.25, 0.3) is 0 Å². The van der Waals surface area contributed by atoms with Gasteiger partial charge in [0.05, 0.1) is 5.75 Å². The molecule has 20 heavy (non-hydrogen) atoms. The molecule has 2 heterocycles. The van der Waals surface area contributed by atoms with E-state index in [9.17, 15) is 8.42 Å². The van der Waals surface area contributed by atoms with Gasteiger partial charge in [-0.15, -0.1) is 11.3 Å². The third-order valence-electron chi connectivity index (χ3n) is 3.56. The van der Waals surface area contributed by atoms with Crippen LogP contribution in [0.15, 0.2) is 11.4 Å². The molecule has 0 atom stereocenters. The summed E-state index contributed by atoms with van der Waals surface area (Å²) in [5.41, 5.74) is 1.24. The summed E-state index contributed by atoms with van der Waals surface area (Å²) >= 11 is 1.62. The summed E-state index contributed by atoms with van der Waals surface area (Å²) in [5, 5.41) is 5.28. The lowest BCUT2D eigenvalue weighted by Crippen LogP contribution is -2.45. The van der Waals surface area contributed by atoms with Gasteiger partial charge in [0.25, 0.3) is 0 Å². The highest BCUT2D eigenvalue weighted by molar-refractivity contribution is 7.89. The average molecular weight is 317 g/mol. The summed E-state index contributed by atoms with van der Waals surface area (Å²) in [5.74, 6) is 0.180. The number of sulfonamides is 1. The van der Waals surface area contributed by atoms with Crippen molar-refractivity contribution in [3.8, 4) is 0 Å². The number of thiophene rings is 1. The number of hydrogen-bond donors (Lipinski definition) is 2. The van der Waals surface area contributed by atoms with Crippen molar-refractivity contribution in [1.29, 1.82) is 0 Å². The van der Waals surface area contributed by atoms with E-state index < -0.39 is 10.0 Å². The van der Waals surface area contributed by atoms with Crippen LogP contribution in [0.4, 0.5) is 0 Å². The van der Waals surface area contributed by atoms with Gasteiger partial charge in [-0.2, -0.15) is 0 Å². The van der Waals surface area contributed by atoms with Crippen LogP contribution in [-0.4, -0.2) is 51.8 Å². The molecule has 2 N–H and O–H groups in total. The largest absolute Gasteiger partial charge is 0.314 e. The predicted octanol–water partition coefficient (Wildman–Crippen LogP) is 0.635. The van der Waals surface area contributed by atoms with Crippen LogP contribution in [0.2, 0.25) is 0 Å². The molecule has 0 radical (unpaired) electrons. The number of rotatable bonds is 7. The van der Waals surface area contributed by atoms with E-state index in [-0.39, 0.29) is 5.75 Å². The molecular formula is C13H23N3O2S2. The van der Waals surface area contributed by atoms with Crippen LogP contribution in [-0.2, 0) is 23.0 Å². The SMILES string of the molecule is CCc1ccsc1CNS(=O)(=O)CCN1CCNCC1. The second-order valence-corrected chi connectivity index (χ2v) is 7.88.